The van der Waals surface area contributed by atoms with Gasteiger partial charge in [-0.1, -0.05) is 37.3 Å². The number of carbonyl (C=O) groups excluding carboxylic acids is 1. The molecule has 0 saturated carbocycles. The van der Waals surface area contributed by atoms with Gasteiger partial charge in [0, 0.05) is 25.6 Å². The molecule has 0 radical (unpaired) electrons. The Hall–Kier alpha value is -2.40. The molecule has 0 aliphatic carbocycles. The molecule has 3 rings (SSSR count). The van der Waals surface area contributed by atoms with E-state index in [1.165, 1.54) is 6.07 Å². The molecule has 1 amide bonds. The van der Waals surface area contributed by atoms with Crippen molar-refractivity contribution in [1.82, 2.24) is 9.80 Å². The highest BCUT2D eigenvalue weighted by Crippen LogP contribution is 2.28. The average molecular weight is 370 g/mol. The highest BCUT2D eigenvalue weighted by atomic mass is 19.1. The molecule has 1 heterocycles. The topological polar surface area (TPSA) is 32.8 Å². The van der Waals surface area contributed by atoms with Crippen molar-refractivity contribution in [2.24, 2.45) is 5.92 Å². The maximum absolute atomic E-state index is 13.9. The standard InChI is InChI=1S/C22H27FN2O2/c1-16(13-17-7-4-5-10-20(17)23)22(26)25-12-11-24(2)21(15-25)18-8-6-9-19(14-18)27-3/h4-10,14,16,21H,11-13,15H2,1-3H3. The van der Waals surface area contributed by atoms with E-state index in [1.54, 1.807) is 19.2 Å². The van der Waals surface area contributed by atoms with Gasteiger partial charge in [-0.25, -0.2) is 4.39 Å². The fraction of sp³-hybridized carbons (Fsp3) is 0.409. The Labute approximate surface area is 160 Å². The summed E-state index contributed by atoms with van der Waals surface area (Å²) in [5.74, 6) is 0.401. The summed E-state index contributed by atoms with van der Waals surface area (Å²) in [5.41, 5.74) is 1.73. The van der Waals surface area contributed by atoms with Crippen LogP contribution in [0.5, 0.6) is 5.75 Å². The highest BCUT2D eigenvalue weighted by Gasteiger charge is 2.30. The second-order valence-electron chi connectivity index (χ2n) is 7.25. The number of methoxy groups -OCH3 is 1. The summed E-state index contributed by atoms with van der Waals surface area (Å²) in [6, 6.07) is 14.8. The van der Waals surface area contributed by atoms with Crippen LogP contribution < -0.4 is 4.74 Å². The van der Waals surface area contributed by atoms with Gasteiger partial charge in [-0.3, -0.25) is 9.69 Å². The Morgan fingerprint density at radius 3 is 2.74 bits per heavy atom. The molecular weight excluding hydrogens is 343 g/mol. The smallest absolute Gasteiger partial charge is 0.225 e. The number of halogens is 1. The van der Waals surface area contributed by atoms with Gasteiger partial charge in [-0.2, -0.15) is 0 Å². The molecule has 5 heteroatoms. The lowest BCUT2D eigenvalue weighted by Gasteiger charge is -2.40. The third kappa shape index (κ3) is 4.48. The summed E-state index contributed by atoms with van der Waals surface area (Å²) in [6.07, 6.45) is 0.418. The van der Waals surface area contributed by atoms with Crippen molar-refractivity contribution in [3.63, 3.8) is 0 Å². The first-order chi connectivity index (χ1) is 13.0. The molecule has 0 spiro atoms. The van der Waals surface area contributed by atoms with Crippen molar-refractivity contribution >= 4 is 5.91 Å². The Bertz CT molecular complexity index is 795. The quantitative estimate of drug-likeness (QED) is 0.807. The first-order valence-electron chi connectivity index (χ1n) is 9.36. The normalized spacial score (nSPS) is 19.0. The minimum Gasteiger partial charge on any atom is -0.497 e. The van der Waals surface area contributed by atoms with E-state index in [0.29, 0.717) is 25.1 Å². The van der Waals surface area contributed by atoms with E-state index >= 15 is 0 Å². The van der Waals surface area contributed by atoms with Crippen LogP contribution in [0, 0.1) is 11.7 Å². The average Bonchev–Trinajstić information content (AvgIpc) is 2.69. The van der Waals surface area contributed by atoms with Crippen molar-refractivity contribution in [3.8, 4) is 5.75 Å². The summed E-state index contributed by atoms with van der Waals surface area (Å²) in [6.45, 7) is 4.01. The molecule has 0 bridgehead atoms. The Kier molecular flexibility index (Phi) is 6.11. The summed E-state index contributed by atoms with van der Waals surface area (Å²) < 4.78 is 19.3. The number of carbonyl (C=O) groups is 1. The van der Waals surface area contributed by atoms with E-state index in [4.69, 9.17) is 4.74 Å². The molecular formula is C22H27FN2O2. The molecule has 1 aliphatic heterocycles. The fourth-order valence-electron chi connectivity index (χ4n) is 3.68. The van der Waals surface area contributed by atoms with Crippen LogP contribution in [0.25, 0.3) is 0 Å². The Morgan fingerprint density at radius 2 is 2.00 bits per heavy atom. The van der Waals surface area contributed by atoms with Gasteiger partial charge < -0.3 is 9.64 Å². The maximum Gasteiger partial charge on any atom is 0.225 e. The van der Waals surface area contributed by atoms with Crippen LogP contribution in [0.15, 0.2) is 48.5 Å². The second kappa shape index (κ2) is 8.53. The molecule has 4 nitrogen and oxygen atoms in total. The number of likely N-dealkylation sites (N-methyl/N-ethyl adjacent to an activating group) is 1. The van der Waals surface area contributed by atoms with E-state index in [2.05, 4.69) is 18.0 Å². The summed E-state index contributed by atoms with van der Waals surface area (Å²) in [5, 5.41) is 0. The van der Waals surface area contributed by atoms with Crippen LogP contribution in [-0.4, -0.2) is 49.5 Å². The van der Waals surface area contributed by atoms with Crippen molar-refractivity contribution in [2.45, 2.75) is 19.4 Å². The molecule has 0 N–H and O–H groups in total. The van der Waals surface area contributed by atoms with Crippen LogP contribution in [0.4, 0.5) is 4.39 Å². The maximum atomic E-state index is 13.9. The van der Waals surface area contributed by atoms with E-state index in [9.17, 15) is 9.18 Å². The van der Waals surface area contributed by atoms with Crippen molar-refractivity contribution in [2.75, 3.05) is 33.8 Å². The number of hydrogen-bond acceptors (Lipinski definition) is 3. The van der Waals surface area contributed by atoms with Gasteiger partial charge in [-0.15, -0.1) is 0 Å². The van der Waals surface area contributed by atoms with Crippen LogP contribution in [0.3, 0.4) is 0 Å². The van der Waals surface area contributed by atoms with Gasteiger partial charge in [0.05, 0.1) is 13.2 Å². The third-order valence-corrected chi connectivity index (χ3v) is 5.34. The number of hydrogen-bond donors (Lipinski definition) is 0. The molecule has 2 unspecified atom stereocenters. The summed E-state index contributed by atoms with van der Waals surface area (Å²) in [7, 11) is 3.73. The second-order valence-corrected chi connectivity index (χ2v) is 7.25. The summed E-state index contributed by atoms with van der Waals surface area (Å²) >= 11 is 0. The predicted molar refractivity (Wildman–Crippen MR) is 104 cm³/mol. The number of benzene rings is 2. The number of nitrogens with zero attached hydrogens (tertiary/aromatic N) is 2. The molecule has 1 fully saturated rings. The lowest BCUT2D eigenvalue weighted by atomic mass is 9.97. The van der Waals surface area contributed by atoms with E-state index in [-0.39, 0.29) is 23.7 Å². The molecule has 2 aromatic rings. The summed E-state index contributed by atoms with van der Waals surface area (Å²) in [4.78, 5) is 17.2. The number of piperazine rings is 1. The van der Waals surface area contributed by atoms with Gasteiger partial charge in [0.25, 0.3) is 0 Å². The number of rotatable bonds is 5. The Balaban J connectivity index is 1.71. The van der Waals surface area contributed by atoms with E-state index < -0.39 is 0 Å². The third-order valence-electron chi connectivity index (χ3n) is 5.34. The van der Waals surface area contributed by atoms with Crippen molar-refractivity contribution < 1.29 is 13.9 Å². The van der Waals surface area contributed by atoms with Crippen molar-refractivity contribution in [3.05, 3.63) is 65.5 Å². The van der Waals surface area contributed by atoms with Crippen LogP contribution >= 0.6 is 0 Å². The van der Waals surface area contributed by atoms with E-state index in [0.717, 1.165) is 17.9 Å². The van der Waals surface area contributed by atoms with Crippen molar-refractivity contribution in [1.29, 1.82) is 0 Å². The lowest BCUT2D eigenvalue weighted by Crippen LogP contribution is -2.50. The molecule has 144 valence electrons. The predicted octanol–water partition coefficient (Wildman–Crippen LogP) is 3.53. The van der Waals surface area contributed by atoms with Crippen LogP contribution in [0.2, 0.25) is 0 Å². The minimum atomic E-state index is -0.253. The number of ether oxygens (including phenoxy) is 1. The number of amides is 1. The zero-order valence-electron chi connectivity index (χ0n) is 16.2. The Morgan fingerprint density at radius 1 is 1.22 bits per heavy atom. The first-order valence-corrected chi connectivity index (χ1v) is 9.36. The van der Waals surface area contributed by atoms with Gasteiger partial charge in [0.1, 0.15) is 11.6 Å². The van der Waals surface area contributed by atoms with Gasteiger partial charge in [-0.05, 0) is 42.8 Å². The largest absolute Gasteiger partial charge is 0.497 e. The van der Waals surface area contributed by atoms with E-state index in [1.807, 2.05) is 36.1 Å². The molecule has 0 aromatic heterocycles. The minimum absolute atomic E-state index is 0.0826. The SMILES string of the molecule is COc1cccc(C2CN(C(=O)C(C)Cc3ccccc3F)CCN2C)c1. The first kappa shape index (κ1) is 19.4. The van der Waals surface area contributed by atoms with Crippen LogP contribution in [0.1, 0.15) is 24.1 Å². The zero-order valence-corrected chi connectivity index (χ0v) is 16.2. The van der Waals surface area contributed by atoms with Crippen LogP contribution in [-0.2, 0) is 11.2 Å². The van der Waals surface area contributed by atoms with Gasteiger partial charge in [0.2, 0.25) is 5.91 Å². The highest BCUT2D eigenvalue weighted by molar-refractivity contribution is 5.79. The zero-order chi connectivity index (χ0) is 19.4. The molecule has 1 aliphatic rings. The molecule has 1 saturated heterocycles. The molecule has 2 aromatic carbocycles. The molecule has 2 atom stereocenters. The lowest BCUT2D eigenvalue weighted by molar-refractivity contribution is -0.137. The van der Waals surface area contributed by atoms with Gasteiger partial charge in [0.15, 0.2) is 0 Å². The molecule has 27 heavy (non-hydrogen) atoms. The monoisotopic (exact) mass is 370 g/mol. The van der Waals surface area contributed by atoms with Gasteiger partial charge >= 0.3 is 0 Å². The fourth-order valence-corrected chi connectivity index (χ4v) is 3.68.